The van der Waals surface area contributed by atoms with Crippen molar-refractivity contribution in [2.45, 2.75) is 0 Å². The van der Waals surface area contributed by atoms with Crippen LogP contribution >= 0.6 is 15.9 Å². The van der Waals surface area contributed by atoms with Crippen molar-refractivity contribution in [1.29, 1.82) is 0 Å². The predicted octanol–water partition coefficient (Wildman–Crippen LogP) is 15.2. The maximum Gasteiger partial charge on any atom is 0.235 e. The Morgan fingerprint density at radius 3 is 1.29 bits per heavy atom. The molecule has 0 saturated heterocycles. The number of para-hydroxylation sites is 3. The topological polar surface area (TPSA) is 96.0 Å². The van der Waals surface area contributed by atoms with Crippen molar-refractivity contribution >= 4 is 115 Å². The highest BCUT2D eigenvalue weighted by Gasteiger charge is 2.23. The molecule has 10 nitrogen and oxygen atoms in total. The Morgan fingerprint density at radius 2 is 0.740 bits per heavy atom. The minimum absolute atomic E-state index is 0.642. The quantitative estimate of drug-likeness (QED) is 0.174. The van der Waals surface area contributed by atoms with E-state index in [4.69, 9.17) is 29.9 Å². The van der Waals surface area contributed by atoms with Crippen LogP contribution in [0.15, 0.2) is 229 Å². The van der Waals surface area contributed by atoms with E-state index in [-0.39, 0.29) is 0 Å². The van der Waals surface area contributed by atoms with E-state index in [0.717, 1.165) is 126 Å². The molecule has 0 bridgehead atoms. The average molecular weight is 1000 g/mol. The molecule has 0 fully saturated rings. The summed E-state index contributed by atoms with van der Waals surface area (Å²) in [6.07, 6.45) is 4.12. The van der Waals surface area contributed by atoms with E-state index >= 15 is 0 Å². The Morgan fingerprint density at radius 1 is 0.315 bits per heavy atom. The maximum absolute atomic E-state index is 5.17. The molecule has 0 spiro atoms. The third-order valence-electron chi connectivity index (χ3n) is 14.0. The molecule has 0 saturated carbocycles. The molecule has 0 unspecified atom stereocenters. The number of rotatable bonds is 4. The van der Waals surface area contributed by atoms with E-state index in [2.05, 4.69) is 162 Å². The summed E-state index contributed by atoms with van der Waals surface area (Å²) in [7, 11) is 0. The minimum atomic E-state index is 0.642. The second-order valence-electron chi connectivity index (χ2n) is 18.1. The molecular weight excluding hydrogens is 965 g/mol. The van der Waals surface area contributed by atoms with Gasteiger partial charge in [-0.25, -0.2) is 29.9 Å². The standard InChI is InChI=1S/C31H18BrN5.C31H19N5/c32-20-13-14-24-22(18-20)28-25(15-16-26-30(28)34-27-12-6-7-17-36(26)27)37(24)31-33-23-11-5-4-10-21(23)29(35-31)19-8-2-1-3-9-19;1-2-10-20(11-3-1)29-21-12-4-6-14-23(21)32-31(34-29)36-24-15-7-5-13-22(24)28-25(36)17-18-26-30(28)33-27-16-8-9-19-35(26)27/h1-18H;1-19H. The van der Waals surface area contributed by atoms with Crippen LogP contribution in [0.3, 0.4) is 0 Å². The van der Waals surface area contributed by atoms with Crippen molar-refractivity contribution in [2.24, 2.45) is 0 Å². The second kappa shape index (κ2) is 16.2. The fourth-order valence-electron chi connectivity index (χ4n) is 10.8. The summed E-state index contributed by atoms with van der Waals surface area (Å²) in [5.74, 6) is 1.30. The fraction of sp³-hybridized carbons (Fsp3) is 0. The zero-order valence-corrected chi connectivity index (χ0v) is 40.3. The molecule has 0 amide bonds. The van der Waals surface area contributed by atoms with Gasteiger partial charge < -0.3 is 0 Å². The summed E-state index contributed by atoms with van der Waals surface area (Å²) in [4.78, 5) is 30.5. The molecule has 8 aromatic carbocycles. The number of nitrogens with zero attached hydrogens (tertiary/aromatic N) is 10. The van der Waals surface area contributed by atoms with E-state index < -0.39 is 0 Å². The molecule has 73 heavy (non-hydrogen) atoms. The molecular formula is C62H37BrN10. The molecule has 8 heterocycles. The van der Waals surface area contributed by atoms with Gasteiger partial charge in [-0.15, -0.1) is 0 Å². The number of imidazole rings is 2. The van der Waals surface area contributed by atoms with Gasteiger partial charge in [-0.2, -0.15) is 0 Å². The van der Waals surface area contributed by atoms with Crippen molar-refractivity contribution in [3.63, 3.8) is 0 Å². The predicted molar refractivity (Wildman–Crippen MR) is 299 cm³/mol. The number of halogens is 1. The summed E-state index contributed by atoms with van der Waals surface area (Å²) < 4.78 is 9.63. The lowest BCUT2D eigenvalue weighted by atomic mass is 10.1. The SMILES string of the molecule is Brc1ccc2c(c1)c1c3nc4ccccn4c3ccc1n2-c1nc(-c2ccccc2)c2ccccc2n1.c1ccc(-c2nc(-n3c4ccccc4c4c5nc6ccccn6c5ccc43)nc3ccccc23)cc1. The van der Waals surface area contributed by atoms with Crippen LogP contribution in [0.1, 0.15) is 0 Å². The number of aromatic nitrogens is 10. The smallest absolute Gasteiger partial charge is 0.235 e. The molecule has 342 valence electrons. The van der Waals surface area contributed by atoms with Gasteiger partial charge in [-0.3, -0.25) is 17.9 Å². The third-order valence-corrected chi connectivity index (χ3v) is 14.5. The molecule has 0 aliphatic carbocycles. The zero-order chi connectivity index (χ0) is 48.1. The Hall–Kier alpha value is -9.58. The van der Waals surface area contributed by atoms with Crippen LogP contribution in [0.2, 0.25) is 0 Å². The summed E-state index contributed by atoms with van der Waals surface area (Å²) in [6.45, 7) is 0. The van der Waals surface area contributed by atoms with E-state index in [1.165, 1.54) is 0 Å². The van der Waals surface area contributed by atoms with Gasteiger partial charge in [-0.1, -0.05) is 143 Å². The Kier molecular flexibility index (Phi) is 9.17. The van der Waals surface area contributed by atoms with E-state index in [0.29, 0.717) is 11.9 Å². The minimum Gasteiger partial charge on any atom is -0.300 e. The van der Waals surface area contributed by atoms with Crippen molar-refractivity contribution < 1.29 is 0 Å². The largest absolute Gasteiger partial charge is 0.300 e. The number of pyridine rings is 2. The first-order valence-electron chi connectivity index (χ1n) is 24.1. The van der Waals surface area contributed by atoms with Crippen LogP contribution in [0.5, 0.6) is 0 Å². The molecule has 16 aromatic rings. The highest BCUT2D eigenvalue weighted by atomic mass is 79.9. The van der Waals surface area contributed by atoms with Gasteiger partial charge in [0.25, 0.3) is 0 Å². The molecule has 0 N–H and O–H groups in total. The lowest BCUT2D eigenvalue weighted by molar-refractivity contribution is 1.01. The Labute approximate surface area is 423 Å². The molecule has 0 aliphatic heterocycles. The highest BCUT2D eigenvalue weighted by molar-refractivity contribution is 9.10. The van der Waals surface area contributed by atoms with Crippen LogP contribution in [0.25, 0.3) is 133 Å². The van der Waals surface area contributed by atoms with Gasteiger partial charge in [0.1, 0.15) is 11.3 Å². The van der Waals surface area contributed by atoms with Crippen molar-refractivity contribution in [2.75, 3.05) is 0 Å². The van der Waals surface area contributed by atoms with Crippen LogP contribution in [0, 0.1) is 0 Å². The van der Waals surface area contributed by atoms with Gasteiger partial charge >= 0.3 is 0 Å². The lowest BCUT2D eigenvalue weighted by Gasteiger charge is -2.11. The highest BCUT2D eigenvalue weighted by Crippen LogP contribution is 2.40. The van der Waals surface area contributed by atoms with E-state index in [1.54, 1.807) is 0 Å². The maximum atomic E-state index is 5.17. The number of fused-ring (bicyclic) bond motifs is 16. The summed E-state index contributed by atoms with van der Waals surface area (Å²) >= 11 is 3.69. The first-order chi connectivity index (χ1) is 36.1. The zero-order valence-electron chi connectivity index (χ0n) is 38.7. The van der Waals surface area contributed by atoms with Gasteiger partial charge in [0.15, 0.2) is 0 Å². The van der Waals surface area contributed by atoms with Gasteiger partial charge in [0.05, 0.1) is 66.6 Å². The third kappa shape index (κ3) is 6.42. The van der Waals surface area contributed by atoms with E-state index in [1.807, 2.05) is 97.1 Å². The number of hydrogen-bond donors (Lipinski definition) is 0. The lowest BCUT2D eigenvalue weighted by Crippen LogP contribution is -2.03. The average Bonchev–Trinajstić information content (AvgIpc) is 4.22. The molecule has 8 aromatic heterocycles. The number of benzene rings is 8. The van der Waals surface area contributed by atoms with Gasteiger partial charge in [0.2, 0.25) is 11.9 Å². The van der Waals surface area contributed by atoms with Gasteiger partial charge in [0, 0.05) is 60.3 Å². The Bertz CT molecular complexity index is 4880. The molecule has 0 aliphatic rings. The summed E-state index contributed by atoms with van der Waals surface area (Å²) in [5, 5.41) is 6.52. The number of hydrogen-bond acceptors (Lipinski definition) is 6. The Balaban J connectivity index is 0.000000130. The molecule has 16 rings (SSSR count). The summed E-state index contributed by atoms with van der Waals surface area (Å²) in [6, 6.07) is 72.7. The molecule has 11 heteroatoms. The summed E-state index contributed by atoms with van der Waals surface area (Å²) in [5.41, 5.74) is 16.0. The normalized spacial score (nSPS) is 11.9. The first kappa shape index (κ1) is 41.2. The van der Waals surface area contributed by atoms with Crippen LogP contribution in [0.4, 0.5) is 0 Å². The van der Waals surface area contributed by atoms with Crippen LogP contribution in [-0.2, 0) is 0 Å². The van der Waals surface area contributed by atoms with Crippen molar-refractivity contribution in [1.82, 2.24) is 47.8 Å². The van der Waals surface area contributed by atoms with Crippen LogP contribution < -0.4 is 0 Å². The monoisotopic (exact) mass is 1000 g/mol. The van der Waals surface area contributed by atoms with Crippen molar-refractivity contribution in [3.05, 3.63) is 229 Å². The first-order valence-corrected chi connectivity index (χ1v) is 24.9. The second-order valence-corrected chi connectivity index (χ2v) is 19.0. The fourth-order valence-corrected chi connectivity index (χ4v) is 11.1. The van der Waals surface area contributed by atoms with Gasteiger partial charge in [-0.05, 0) is 84.9 Å². The molecule has 0 atom stereocenters. The van der Waals surface area contributed by atoms with E-state index in [9.17, 15) is 0 Å². The molecule has 0 radical (unpaired) electrons. The van der Waals surface area contributed by atoms with Crippen molar-refractivity contribution in [3.8, 4) is 34.4 Å². The van der Waals surface area contributed by atoms with Crippen LogP contribution in [-0.4, -0.2) is 47.8 Å².